The molecule has 0 saturated heterocycles. The number of aldehydes is 1. The van der Waals surface area contributed by atoms with Crippen LogP contribution in [0.3, 0.4) is 0 Å². The highest BCUT2D eigenvalue weighted by Gasteiger charge is 2.23. The van der Waals surface area contributed by atoms with E-state index in [-0.39, 0.29) is 46.2 Å². The third kappa shape index (κ3) is 29.1. The monoisotopic (exact) mass is 430 g/mol. The lowest BCUT2D eigenvalue weighted by Gasteiger charge is -2.38. The number of hydrogen-bond acceptors (Lipinski definition) is 10. The lowest BCUT2D eigenvalue weighted by molar-refractivity contribution is -0.933. The molecule has 7 N–H and O–H groups in total. The Kier molecular flexibility index (Phi) is 38.4. The van der Waals surface area contributed by atoms with Gasteiger partial charge in [0.1, 0.15) is 25.9 Å². The fraction of sp³-hybridized carbons (Fsp3) is 0.833. The molecule has 29 heavy (non-hydrogen) atoms. The summed E-state index contributed by atoms with van der Waals surface area (Å²) in [6.45, 7) is 7.39. The Morgan fingerprint density at radius 2 is 1.07 bits per heavy atom. The molecule has 0 heterocycles. The van der Waals surface area contributed by atoms with Gasteiger partial charge in [0.05, 0.1) is 52.4 Å². The van der Waals surface area contributed by atoms with E-state index in [1.807, 2.05) is 0 Å². The Morgan fingerprint density at radius 1 is 0.793 bits per heavy atom. The molecule has 0 rings (SSSR count). The molecule has 0 spiro atoms. The predicted octanol–water partition coefficient (Wildman–Crippen LogP) is -3.70. The van der Waals surface area contributed by atoms with Crippen LogP contribution in [-0.2, 0) is 4.79 Å². The molecular formula is C18H42N2O9. The standard InChI is InChI=1S/C8H19NO4.C6H15NO3.2C2H4O/c10-5-1-9(2-6-11,3-7-12)4-8-13;8-4-1-7(2-5-9)3-6-10;2*1-2-3/h10-12H,1-8H2;8-10H,1-6H2;2H,1H3;2-3H,1H2. The molecule has 11 nitrogen and oxygen atoms in total. The number of carbonyl (C=O) groups excluding carboxylic acids is 1. The Balaban J connectivity index is -0.000000172. The van der Waals surface area contributed by atoms with Gasteiger partial charge in [-0.1, -0.05) is 13.2 Å². The van der Waals surface area contributed by atoms with Crippen LogP contribution in [0.25, 0.3) is 0 Å². The summed E-state index contributed by atoms with van der Waals surface area (Å²) in [5, 5.41) is 69.7. The van der Waals surface area contributed by atoms with E-state index in [0.29, 0.717) is 50.3 Å². The van der Waals surface area contributed by atoms with Crippen LogP contribution in [0.2, 0.25) is 0 Å². The van der Waals surface area contributed by atoms with Gasteiger partial charge in [0, 0.05) is 19.6 Å². The van der Waals surface area contributed by atoms with Gasteiger partial charge in [0.2, 0.25) is 0 Å². The van der Waals surface area contributed by atoms with Gasteiger partial charge in [-0.05, 0) is 6.92 Å². The van der Waals surface area contributed by atoms with Crippen LogP contribution in [0.1, 0.15) is 6.92 Å². The average molecular weight is 431 g/mol. The van der Waals surface area contributed by atoms with Crippen molar-refractivity contribution in [3.8, 4) is 0 Å². The zero-order valence-corrected chi connectivity index (χ0v) is 17.6. The van der Waals surface area contributed by atoms with Gasteiger partial charge in [-0.25, -0.2) is 0 Å². The largest absolute Gasteiger partial charge is 0.850 e. The first-order valence-corrected chi connectivity index (χ1v) is 9.38. The van der Waals surface area contributed by atoms with E-state index in [2.05, 4.69) is 6.58 Å². The number of quaternary nitrogens is 1. The van der Waals surface area contributed by atoms with Gasteiger partial charge >= 0.3 is 0 Å². The van der Waals surface area contributed by atoms with Gasteiger partial charge in [-0.3, -0.25) is 4.90 Å². The summed E-state index contributed by atoms with van der Waals surface area (Å²) < 4.78 is 0.312. The molecule has 11 heteroatoms. The minimum Gasteiger partial charge on any atom is -0.850 e. The zero-order chi connectivity index (χ0) is 23.4. The quantitative estimate of drug-likeness (QED) is 0.0821. The van der Waals surface area contributed by atoms with E-state index in [4.69, 9.17) is 40.5 Å². The maximum Gasteiger partial charge on any atom is 0.116 e. The number of nitrogens with zero attached hydrogens (tertiary/aromatic N) is 2. The first kappa shape index (κ1) is 35.3. The Labute approximate surface area is 174 Å². The zero-order valence-electron chi connectivity index (χ0n) is 17.6. The molecule has 0 unspecified atom stereocenters. The number of aliphatic hydroxyl groups is 7. The van der Waals surface area contributed by atoms with Crippen molar-refractivity contribution in [2.45, 2.75) is 6.92 Å². The summed E-state index contributed by atoms with van der Waals surface area (Å²) in [6, 6.07) is 0. The molecule has 0 aromatic rings. The topological polar surface area (TPSA) is 185 Å². The molecular weight excluding hydrogens is 388 g/mol. The van der Waals surface area contributed by atoms with E-state index in [0.717, 1.165) is 12.5 Å². The van der Waals surface area contributed by atoms with Crippen molar-refractivity contribution >= 4 is 6.29 Å². The smallest absolute Gasteiger partial charge is 0.116 e. The second kappa shape index (κ2) is 31.5. The normalized spacial score (nSPS) is 9.97. The number of hydrogen-bond donors (Lipinski definition) is 7. The van der Waals surface area contributed by atoms with E-state index in [1.165, 1.54) is 6.92 Å². The molecule has 0 aromatic carbocycles. The van der Waals surface area contributed by atoms with Crippen molar-refractivity contribution in [2.75, 3.05) is 92.1 Å². The number of carbonyl (C=O) groups is 1. The molecule has 0 radical (unpaired) electrons. The van der Waals surface area contributed by atoms with E-state index >= 15 is 0 Å². The maximum absolute atomic E-state index is 10.5. The second-order valence-electron chi connectivity index (χ2n) is 5.54. The molecule has 0 aliphatic carbocycles. The Morgan fingerprint density at radius 3 is 1.24 bits per heavy atom. The number of rotatable bonds is 14. The van der Waals surface area contributed by atoms with Crippen molar-refractivity contribution in [2.24, 2.45) is 0 Å². The van der Waals surface area contributed by atoms with E-state index < -0.39 is 0 Å². The number of aliphatic hydroxyl groups excluding tert-OH is 7. The van der Waals surface area contributed by atoms with Crippen molar-refractivity contribution in [3.05, 3.63) is 12.8 Å². The lowest BCUT2D eigenvalue weighted by atomic mass is 10.3. The summed E-state index contributed by atoms with van der Waals surface area (Å²) in [5.41, 5.74) is 0. The van der Waals surface area contributed by atoms with Crippen LogP contribution in [0.15, 0.2) is 12.8 Å². The molecule has 0 fully saturated rings. The van der Waals surface area contributed by atoms with Crippen molar-refractivity contribution in [1.29, 1.82) is 0 Å². The third-order valence-electron chi connectivity index (χ3n) is 3.54. The maximum atomic E-state index is 10.5. The summed E-state index contributed by atoms with van der Waals surface area (Å²) in [5.74, 6) is 0. The highest BCUT2D eigenvalue weighted by Crippen LogP contribution is 2.04. The highest BCUT2D eigenvalue weighted by atomic mass is 16.3. The van der Waals surface area contributed by atoms with E-state index in [1.54, 1.807) is 4.90 Å². The van der Waals surface area contributed by atoms with Crippen molar-refractivity contribution < 1.29 is 50.1 Å². The lowest BCUT2D eigenvalue weighted by Crippen LogP contribution is -2.55. The first-order chi connectivity index (χ1) is 13.9. The predicted molar refractivity (Wildman–Crippen MR) is 108 cm³/mol. The molecule has 178 valence electrons. The van der Waals surface area contributed by atoms with Crippen LogP contribution in [0.4, 0.5) is 0 Å². The molecule has 0 aromatic heterocycles. The third-order valence-corrected chi connectivity index (χ3v) is 3.54. The molecule has 0 amide bonds. The van der Waals surface area contributed by atoms with Crippen LogP contribution in [-0.4, -0.2) is 143 Å². The highest BCUT2D eigenvalue weighted by molar-refractivity contribution is 5.44. The Bertz CT molecular complexity index is 261. The minimum absolute atomic E-state index is 0.0278. The van der Waals surface area contributed by atoms with E-state index in [9.17, 15) is 5.11 Å². The van der Waals surface area contributed by atoms with Gasteiger partial charge < -0.3 is 50.1 Å². The van der Waals surface area contributed by atoms with Crippen LogP contribution >= 0.6 is 0 Å². The second-order valence-corrected chi connectivity index (χ2v) is 5.54. The fourth-order valence-corrected chi connectivity index (χ4v) is 2.26. The van der Waals surface area contributed by atoms with Crippen molar-refractivity contribution in [3.63, 3.8) is 0 Å². The first-order valence-electron chi connectivity index (χ1n) is 9.38. The van der Waals surface area contributed by atoms with Crippen LogP contribution < -0.4 is 5.11 Å². The molecule has 0 aliphatic rings. The molecule has 0 saturated carbocycles. The molecule has 0 bridgehead atoms. The molecule has 0 atom stereocenters. The summed E-state index contributed by atoms with van der Waals surface area (Å²) >= 11 is 0. The minimum atomic E-state index is -0.250. The van der Waals surface area contributed by atoms with Crippen LogP contribution in [0.5, 0.6) is 0 Å². The van der Waals surface area contributed by atoms with Gasteiger partial charge in [0.25, 0.3) is 0 Å². The molecule has 0 aliphatic heterocycles. The van der Waals surface area contributed by atoms with Crippen molar-refractivity contribution in [1.82, 2.24) is 4.90 Å². The average Bonchev–Trinajstić information content (AvgIpc) is 2.65. The SMILES string of the molecule is C=CO.CC=O.OCCN(CCO)CCO.[O-]CC[N+](CCO)(CCO)CCO. The van der Waals surface area contributed by atoms with Gasteiger partial charge in [-0.2, -0.15) is 0 Å². The summed E-state index contributed by atoms with van der Waals surface area (Å²) in [7, 11) is 0. The van der Waals surface area contributed by atoms with Crippen LogP contribution in [0, 0.1) is 0 Å². The summed E-state index contributed by atoms with van der Waals surface area (Å²) in [4.78, 5) is 10.6. The summed E-state index contributed by atoms with van der Waals surface area (Å²) in [6.07, 6.45) is 1.50. The van der Waals surface area contributed by atoms with Gasteiger partial charge in [-0.15, -0.1) is 0 Å². The fourth-order valence-electron chi connectivity index (χ4n) is 2.26. The van der Waals surface area contributed by atoms with Gasteiger partial charge in [0.15, 0.2) is 0 Å². The Hall–Kier alpha value is -1.15.